The summed E-state index contributed by atoms with van der Waals surface area (Å²) >= 11 is 1.59. The Labute approximate surface area is 170 Å². The zero-order valence-corrected chi connectivity index (χ0v) is 18.2. The van der Waals surface area contributed by atoms with Gasteiger partial charge < -0.3 is 4.90 Å². The third kappa shape index (κ3) is 4.10. The predicted molar refractivity (Wildman–Crippen MR) is 116 cm³/mol. The van der Waals surface area contributed by atoms with E-state index < -0.39 is 0 Å². The van der Waals surface area contributed by atoms with Gasteiger partial charge in [-0.25, -0.2) is 4.98 Å². The molecule has 28 heavy (non-hydrogen) atoms. The van der Waals surface area contributed by atoms with E-state index in [1.165, 1.54) is 5.56 Å². The van der Waals surface area contributed by atoms with Gasteiger partial charge in [-0.05, 0) is 57.1 Å². The van der Waals surface area contributed by atoms with Crippen LogP contribution >= 0.6 is 11.3 Å². The molecule has 0 unspecified atom stereocenters. The number of benzene rings is 1. The van der Waals surface area contributed by atoms with Gasteiger partial charge in [-0.2, -0.15) is 5.10 Å². The average molecular weight is 400 g/mol. The molecule has 0 aliphatic carbocycles. The quantitative estimate of drug-likeness (QED) is 0.572. The Morgan fingerprint density at radius 2 is 1.89 bits per heavy atom. The topological polar surface area (TPSA) is 54.3 Å². The fraction of sp³-hybridized carbons (Fsp3) is 0.476. The molecule has 150 valence electrons. The number of hydrogen-bond donors (Lipinski definition) is 0. The number of rotatable bonds is 8. The lowest BCUT2D eigenvalue weighted by Crippen LogP contribution is -2.39. The second kappa shape index (κ2) is 8.84. The molecule has 2 heterocycles. The SMILES string of the molecule is CCN(CC)CCN(C(=O)c1ccnn1CC)c1nc2c(C)cc(C)cc2s1. The van der Waals surface area contributed by atoms with Crippen molar-refractivity contribution < 1.29 is 4.79 Å². The number of fused-ring (bicyclic) bond motifs is 1. The first-order chi connectivity index (χ1) is 13.5. The molecule has 0 spiro atoms. The lowest BCUT2D eigenvalue weighted by Gasteiger charge is -2.24. The number of carbonyl (C=O) groups excluding carboxylic acids is 1. The highest BCUT2D eigenvalue weighted by Crippen LogP contribution is 2.32. The van der Waals surface area contributed by atoms with Crippen molar-refractivity contribution in [3.05, 3.63) is 41.2 Å². The smallest absolute Gasteiger partial charge is 0.278 e. The molecule has 6 nitrogen and oxygen atoms in total. The molecule has 0 radical (unpaired) electrons. The summed E-state index contributed by atoms with van der Waals surface area (Å²) in [6, 6.07) is 6.08. The Hall–Kier alpha value is -2.25. The molecule has 1 aromatic carbocycles. The lowest BCUT2D eigenvalue weighted by molar-refractivity contribution is 0.0973. The van der Waals surface area contributed by atoms with Crippen LogP contribution in [0.1, 0.15) is 42.4 Å². The minimum absolute atomic E-state index is 0.0417. The molecule has 0 saturated carbocycles. The Balaban J connectivity index is 2.00. The summed E-state index contributed by atoms with van der Waals surface area (Å²) in [5, 5.41) is 5.02. The van der Waals surface area contributed by atoms with Crippen LogP contribution in [0.3, 0.4) is 0 Å². The number of hydrogen-bond acceptors (Lipinski definition) is 5. The Morgan fingerprint density at radius 1 is 1.14 bits per heavy atom. The van der Waals surface area contributed by atoms with Gasteiger partial charge in [0, 0.05) is 25.8 Å². The van der Waals surface area contributed by atoms with E-state index in [2.05, 4.69) is 49.8 Å². The normalized spacial score (nSPS) is 11.5. The van der Waals surface area contributed by atoms with Gasteiger partial charge in [0.25, 0.3) is 5.91 Å². The molecule has 1 amide bonds. The minimum atomic E-state index is -0.0417. The van der Waals surface area contributed by atoms with Crippen LogP contribution in [-0.4, -0.2) is 51.8 Å². The zero-order valence-electron chi connectivity index (χ0n) is 17.4. The maximum absolute atomic E-state index is 13.4. The van der Waals surface area contributed by atoms with Crippen LogP contribution < -0.4 is 4.90 Å². The van der Waals surface area contributed by atoms with Crippen LogP contribution in [-0.2, 0) is 6.54 Å². The number of amides is 1. The van der Waals surface area contributed by atoms with E-state index >= 15 is 0 Å². The van der Waals surface area contributed by atoms with Gasteiger partial charge in [-0.1, -0.05) is 31.3 Å². The van der Waals surface area contributed by atoms with E-state index in [0.29, 0.717) is 18.8 Å². The Morgan fingerprint density at radius 3 is 2.57 bits per heavy atom. The highest BCUT2D eigenvalue weighted by Gasteiger charge is 2.24. The summed E-state index contributed by atoms with van der Waals surface area (Å²) in [6.45, 7) is 14.5. The van der Waals surface area contributed by atoms with Crippen LogP contribution in [0.4, 0.5) is 5.13 Å². The van der Waals surface area contributed by atoms with Gasteiger partial charge in [0.05, 0.1) is 10.2 Å². The summed E-state index contributed by atoms with van der Waals surface area (Å²) < 4.78 is 2.87. The molecule has 0 aliphatic rings. The lowest BCUT2D eigenvalue weighted by atomic mass is 10.1. The van der Waals surface area contributed by atoms with Crippen molar-refractivity contribution in [3.8, 4) is 0 Å². The van der Waals surface area contributed by atoms with Crippen molar-refractivity contribution in [3.63, 3.8) is 0 Å². The first kappa shape index (κ1) is 20.5. The summed E-state index contributed by atoms with van der Waals surface area (Å²) in [6.07, 6.45) is 1.69. The zero-order chi connectivity index (χ0) is 20.3. The number of thiazole rings is 1. The molecule has 0 aliphatic heterocycles. The molecular weight excluding hydrogens is 370 g/mol. The molecule has 0 bridgehead atoms. The van der Waals surface area contributed by atoms with Crippen LogP contribution in [0, 0.1) is 13.8 Å². The van der Waals surface area contributed by atoms with Gasteiger partial charge in [0.1, 0.15) is 5.69 Å². The van der Waals surface area contributed by atoms with E-state index in [0.717, 1.165) is 40.5 Å². The van der Waals surface area contributed by atoms with E-state index in [-0.39, 0.29) is 5.91 Å². The Bertz CT molecular complexity index is 957. The summed E-state index contributed by atoms with van der Waals surface area (Å²) in [5.74, 6) is -0.0417. The van der Waals surface area contributed by atoms with E-state index in [1.54, 1.807) is 28.3 Å². The molecule has 0 fully saturated rings. The summed E-state index contributed by atoms with van der Waals surface area (Å²) in [7, 11) is 0. The molecule has 0 atom stereocenters. The maximum Gasteiger partial charge on any atom is 0.278 e. The standard InChI is InChI=1S/C21H29N5OS/c1-6-24(7-2)11-12-25(20(27)17-9-10-22-26(17)8-3)21-23-19-16(5)13-15(4)14-18(19)28-21/h9-10,13-14H,6-8,11-12H2,1-5H3. The van der Waals surface area contributed by atoms with Crippen LogP contribution in [0.5, 0.6) is 0 Å². The van der Waals surface area contributed by atoms with E-state index in [9.17, 15) is 4.79 Å². The van der Waals surface area contributed by atoms with Crippen LogP contribution in [0.15, 0.2) is 24.4 Å². The van der Waals surface area contributed by atoms with Crippen molar-refractivity contribution in [1.29, 1.82) is 0 Å². The number of aromatic nitrogens is 3. The number of anilines is 1. The van der Waals surface area contributed by atoms with Gasteiger partial charge in [-0.3, -0.25) is 14.4 Å². The van der Waals surface area contributed by atoms with Gasteiger partial charge in [-0.15, -0.1) is 0 Å². The summed E-state index contributed by atoms with van der Waals surface area (Å²) in [4.78, 5) is 22.4. The number of aryl methyl sites for hydroxylation is 3. The second-order valence-corrected chi connectivity index (χ2v) is 7.95. The van der Waals surface area contributed by atoms with Crippen molar-refractivity contribution >= 4 is 32.6 Å². The first-order valence-electron chi connectivity index (χ1n) is 9.92. The summed E-state index contributed by atoms with van der Waals surface area (Å²) in [5.41, 5.74) is 3.95. The van der Waals surface area contributed by atoms with E-state index in [1.807, 2.05) is 11.8 Å². The molecule has 7 heteroatoms. The predicted octanol–water partition coefficient (Wildman–Crippen LogP) is 4.12. The average Bonchev–Trinajstić information content (AvgIpc) is 3.31. The van der Waals surface area contributed by atoms with Crippen LogP contribution in [0.2, 0.25) is 0 Å². The van der Waals surface area contributed by atoms with Crippen molar-refractivity contribution in [2.24, 2.45) is 0 Å². The van der Waals surface area contributed by atoms with Gasteiger partial charge in [0.2, 0.25) is 0 Å². The second-order valence-electron chi connectivity index (χ2n) is 6.94. The van der Waals surface area contributed by atoms with E-state index in [4.69, 9.17) is 4.98 Å². The first-order valence-corrected chi connectivity index (χ1v) is 10.7. The molecular formula is C21H29N5OS. The van der Waals surface area contributed by atoms with Crippen LogP contribution in [0.25, 0.3) is 10.2 Å². The third-order valence-electron chi connectivity index (χ3n) is 5.06. The minimum Gasteiger partial charge on any atom is -0.302 e. The van der Waals surface area contributed by atoms with Crippen molar-refractivity contribution in [2.45, 2.75) is 41.2 Å². The van der Waals surface area contributed by atoms with Gasteiger partial charge >= 0.3 is 0 Å². The third-order valence-corrected chi connectivity index (χ3v) is 6.09. The molecule has 3 aromatic rings. The molecule has 0 N–H and O–H groups in total. The monoisotopic (exact) mass is 399 g/mol. The fourth-order valence-electron chi connectivity index (χ4n) is 3.44. The maximum atomic E-state index is 13.4. The largest absolute Gasteiger partial charge is 0.302 e. The van der Waals surface area contributed by atoms with Gasteiger partial charge in [0.15, 0.2) is 5.13 Å². The molecule has 2 aromatic heterocycles. The van der Waals surface area contributed by atoms with Crippen molar-refractivity contribution in [2.75, 3.05) is 31.1 Å². The fourth-order valence-corrected chi connectivity index (χ4v) is 4.61. The highest BCUT2D eigenvalue weighted by atomic mass is 32.1. The number of likely N-dealkylation sites (N-methyl/N-ethyl adjacent to an activating group) is 1. The number of nitrogens with zero attached hydrogens (tertiary/aromatic N) is 5. The Kier molecular flexibility index (Phi) is 6.46. The number of carbonyl (C=O) groups is 1. The highest BCUT2D eigenvalue weighted by molar-refractivity contribution is 7.22. The molecule has 0 saturated heterocycles. The van der Waals surface area contributed by atoms with Crippen molar-refractivity contribution in [1.82, 2.24) is 19.7 Å². The molecule has 3 rings (SSSR count).